The summed E-state index contributed by atoms with van der Waals surface area (Å²) in [7, 11) is 5.96. The van der Waals surface area contributed by atoms with Gasteiger partial charge in [0.15, 0.2) is 23.1 Å². The van der Waals surface area contributed by atoms with Crippen LogP contribution in [-0.2, 0) is 0 Å². The Morgan fingerprint density at radius 2 is 1.31 bits per heavy atom. The smallest absolute Gasteiger partial charge is 0.258 e. The van der Waals surface area contributed by atoms with E-state index in [2.05, 4.69) is 0 Å². The zero-order valence-electron chi connectivity index (χ0n) is 18.1. The first kappa shape index (κ1) is 21.1. The predicted octanol–water partition coefficient (Wildman–Crippen LogP) is 3.76. The molecule has 1 aliphatic carbocycles. The molecule has 7 heteroatoms. The van der Waals surface area contributed by atoms with E-state index in [1.807, 2.05) is 0 Å². The van der Waals surface area contributed by atoms with Gasteiger partial charge in [-0.25, -0.2) is 0 Å². The van der Waals surface area contributed by atoms with Crippen LogP contribution in [0, 0.1) is 0 Å². The summed E-state index contributed by atoms with van der Waals surface area (Å²) in [5.41, 5.74) is 1.78. The number of rotatable bonds is 5. The lowest BCUT2D eigenvalue weighted by Crippen LogP contribution is -2.30. The van der Waals surface area contributed by atoms with Crippen molar-refractivity contribution in [3.63, 3.8) is 0 Å². The minimum atomic E-state index is -0.406. The van der Waals surface area contributed by atoms with E-state index in [0.717, 1.165) is 0 Å². The van der Waals surface area contributed by atoms with Gasteiger partial charge >= 0.3 is 0 Å². The first-order valence-electron chi connectivity index (χ1n) is 9.82. The monoisotopic (exact) mass is 431 g/mol. The predicted molar refractivity (Wildman–Crippen MR) is 119 cm³/mol. The van der Waals surface area contributed by atoms with Crippen LogP contribution in [0.2, 0.25) is 0 Å². The Hall–Kier alpha value is -4.13. The Morgan fingerprint density at radius 1 is 0.750 bits per heavy atom. The fraction of sp³-hybridized carbons (Fsp3) is 0.160. The Morgan fingerprint density at radius 3 is 1.88 bits per heavy atom. The molecule has 0 unspecified atom stereocenters. The summed E-state index contributed by atoms with van der Waals surface area (Å²) >= 11 is 0. The van der Waals surface area contributed by atoms with Crippen LogP contribution < -0.4 is 19.1 Å². The zero-order chi connectivity index (χ0) is 23.0. The molecule has 0 saturated heterocycles. The van der Waals surface area contributed by atoms with Crippen molar-refractivity contribution in [2.24, 2.45) is 0 Å². The SMILES string of the molecule is COc1cc(C(=O)N(C)c2cccc3c2C(=O)c2ccccc2C3=O)cc(OC)c1OC. The maximum atomic E-state index is 13.4. The third-order valence-corrected chi connectivity index (χ3v) is 5.51. The topological polar surface area (TPSA) is 82.1 Å². The van der Waals surface area contributed by atoms with E-state index in [-0.39, 0.29) is 28.3 Å². The van der Waals surface area contributed by atoms with Gasteiger partial charge in [0.05, 0.1) is 32.6 Å². The van der Waals surface area contributed by atoms with Crippen LogP contribution >= 0.6 is 0 Å². The van der Waals surface area contributed by atoms with Crippen molar-refractivity contribution in [2.45, 2.75) is 0 Å². The number of anilines is 1. The maximum absolute atomic E-state index is 13.4. The standard InChI is InChI=1S/C25H21NO6/c1-26(25(29)14-12-19(30-2)24(32-4)20(13-14)31-3)18-11-7-10-17-21(18)23(28)16-9-6-5-8-15(16)22(17)27/h5-13H,1-4H3. The molecule has 32 heavy (non-hydrogen) atoms. The van der Waals surface area contributed by atoms with Crippen molar-refractivity contribution in [1.29, 1.82) is 0 Å². The van der Waals surface area contributed by atoms with Gasteiger partial charge in [0.1, 0.15) is 0 Å². The lowest BCUT2D eigenvalue weighted by molar-refractivity contribution is 0.0975. The molecule has 1 amide bonds. The number of carbonyl (C=O) groups is 3. The van der Waals surface area contributed by atoms with Gasteiger partial charge in [0.2, 0.25) is 5.75 Å². The number of benzene rings is 3. The summed E-state index contributed by atoms with van der Waals surface area (Å²) in [5, 5.41) is 0. The Kier molecular flexibility index (Phi) is 5.40. The molecule has 0 N–H and O–H groups in total. The van der Waals surface area contributed by atoms with Gasteiger partial charge in [-0.15, -0.1) is 0 Å². The van der Waals surface area contributed by atoms with Gasteiger partial charge in [-0.05, 0) is 18.2 Å². The molecule has 1 aliphatic rings. The second-order valence-corrected chi connectivity index (χ2v) is 7.18. The van der Waals surface area contributed by atoms with Crippen LogP contribution in [0.4, 0.5) is 5.69 Å². The molecule has 0 bridgehead atoms. The van der Waals surface area contributed by atoms with Crippen LogP contribution in [0.3, 0.4) is 0 Å². The van der Waals surface area contributed by atoms with E-state index >= 15 is 0 Å². The molecule has 0 saturated carbocycles. The number of hydrogen-bond donors (Lipinski definition) is 0. The molecule has 0 fully saturated rings. The molecule has 0 atom stereocenters. The normalized spacial score (nSPS) is 12.0. The van der Waals surface area contributed by atoms with Gasteiger partial charge in [-0.3, -0.25) is 14.4 Å². The van der Waals surface area contributed by atoms with Gasteiger partial charge < -0.3 is 19.1 Å². The van der Waals surface area contributed by atoms with E-state index in [1.54, 1.807) is 49.5 Å². The molecule has 3 aromatic carbocycles. The van der Waals surface area contributed by atoms with Crippen molar-refractivity contribution >= 4 is 23.2 Å². The zero-order valence-corrected chi connectivity index (χ0v) is 18.1. The second-order valence-electron chi connectivity index (χ2n) is 7.18. The minimum Gasteiger partial charge on any atom is -0.493 e. The van der Waals surface area contributed by atoms with Crippen LogP contribution in [0.15, 0.2) is 54.6 Å². The quantitative estimate of drug-likeness (QED) is 0.479. The van der Waals surface area contributed by atoms with Crippen molar-refractivity contribution in [3.05, 3.63) is 82.4 Å². The Bertz CT molecular complexity index is 1240. The summed E-state index contributed by atoms with van der Waals surface area (Å²) in [6, 6.07) is 14.7. The Labute approximate surface area is 185 Å². The summed E-state index contributed by atoms with van der Waals surface area (Å²) < 4.78 is 16.0. The number of ketones is 2. The first-order chi connectivity index (χ1) is 15.4. The number of carbonyl (C=O) groups excluding carboxylic acids is 3. The third kappa shape index (κ3) is 3.19. The highest BCUT2D eigenvalue weighted by Gasteiger charge is 2.33. The fourth-order valence-electron chi connectivity index (χ4n) is 3.91. The number of hydrogen-bond acceptors (Lipinski definition) is 6. The van der Waals surface area contributed by atoms with Gasteiger partial charge in [0.25, 0.3) is 5.91 Å². The van der Waals surface area contributed by atoms with Gasteiger partial charge in [-0.1, -0.05) is 36.4 Å². The fourth-order valence-corrected chi connectivity index (χ4v) is 3.91. The first-order valence-corrected chi connectivity index (χ1v) is 9.82. The summed E-state index contributed by atoms with van der Waals surface area (Å²) in [4.78, 5) is 41.0. The van der Waals surface area contributed by atoms with Crippen molar-refractivity contribution in [3.8, 4) is 17.2 Å². The average Bonchev–Trinajstić information content (AvgIpc) is 2.84. The summed E-state index contributed by atoms with van der Waals surface area (Å²) in [6.07, 6.45) is 0. The van der Waals surface area contributed by atoms with Crippen LogP contribution in [0.5, 0.6) is 17.2 Å². The molecular weight excluding hydrogens is 410 g/mol. The van der Waals surface area contributed by atoms with Crippen LogP contribution in [0.1, 0.15) is 42.2 Å². The molecule has 0 aromatic heterocycles. The van der Waals surface area contributed by atoms with E-state index in [0.29, 0.717) is 34.1 Å². The molecule has 162 valence electrons. The number of methoxy groups -OCH3 is 3. The molecule has 3 aromatic rings. The molecule has 4 rings (SSSR count). The molecule has 0 spiro atoms. The van der Waals surface area contributed by atoms with Crippen molar-refractivity contribution in [1.82, 2.24) is 0 Å². The van der Waals surface area contributed by atoms with Crippen LogP contribution in [0.25, 0.3) is 0 Å². The van der Waals surface area contributed by atoms with Crippen molar-refractivity contribution in [2.75, 3.05) is 33.3 Å². The van der Waals surface area contributed by atoms with Gasteiger partial charge in [0, 0.05) is 29.3 Å². The average molecular weight is 431 g/mol. The van der Waals surface area contributed by atoms with Gasteiger partial charge in [-0.2, -0.15) is 0 Å². The van der Waals surface area contributed by atoms with E-state index in [4.69, 9.17) is 14.2 Å². The number of amides is 1. The molecule has 0 radical (unpaired) electrons. The highest BCUT2D eigenvalue weighted by molar-refractivity contribution is 6.30. The Balaban J connectivity index is 1.81. The molecule has 0 heterocycles. The summed E-state index contributed by atoms with van der Waals surface area (Å²) in [5.74, 6) is 0.0826. The van der Waals surface area contributed by atoms with E-state index in [9.17, 15) is 14.4 Å². The van der Waals surface area contributed by atoms with Crippen LogP contribution in [-0.4, -0.2) is 45.9 Å². The molecular formula is C25H21NO6. The second kappa shape index (κ2) is 8.19. The summed E-state index contributed by atoms with van der Waals surface area (Å²) in [6.45, 7) is 0. The molecule has 7 nitrogen and oxygen atoms in total. The van der Waals surface area contributed by atoms with Crippen molar-refractivity contribution < 1.29 is 28.6 Å². The minimum absolute atomic E-state index is 0.208. The lowest BCUT2D eigenvalue weighted by atomic mass is 9.83. The largest absolute Gasteiger partial charge is 0.493 e. The lowest BCUT2D eigenvalue weighted by Gasteiger charge is -2.25. The maximum Gasteiger partial charge on any atom is 0.258 e. The highest BCUT2D eigenvalue weighted by Crippen LogP contribution is 2.39. The third-order valence-electron chi connectivity index (χ3n) is 5.51. The van der Waals surface area contributed by atoms with E-state index < -0.39 is 5.91 Å². The number of nitrogens with zero attached hydrogens (tertiary/aromatic N) is 1. The number of fused-ring (bicyclic) bond motifs is 2. The van der Waals surface area contributed by atoms with E-state index in [1.165, 1.54) is 38.4 Å². The number of ether oxygens (including phenoxy) is 3. The molecule has 0 aliphatic heterocycles. The highest BCUT2D eigenvalue weighted by atomic mass is 16.5.